The van der Waals surface area contributed by atoms with Crippen molar-refractivity contribution in [2.75, 3.05) is 26.7 Å². The van der Waals surface area contributed by atoms with E-state index < -0.39 is 5.54 Å². The van der Waals surface area contributed by atoms with Gasteiger partial charge in [0.2, 0.25) is 0 Å². The molecule has 0 radical (unpaired) electrons. The van der Waals surface area contributed by atoms with Crippen LogP contribution in [0.4, 0.5) is 4.79 Å². The van der Waals surface area contributed by atoms with Crippen molar-refractivity contribution in [1.29, 1.82) is 0 Å². The van der Waals surface area contributed by atoms with Gasteiger partial charge in [0.15, 0.2) is 0 Å². The molecule has 7 heteroatoms. The van der Waals surface area contributed by atoms with Gasteiger partial charge in [0.1, 0.15) is 5.54 Å². The Kier molecular flexibility index (Phi) is 4.47. The minimum absolute atomic E-state index is 0.0484. The summed E-state index contributed by atoms with van der Waals surface area (Å²) in [6.45, 7) is 4.91. The molecule has 0 bridgehead atoms. The lowest BCUT2D eigenvalue weighted by atomic mass is 9.86. The number of imide groups is 1. The third-order valence-corrected chi connectivity index (χ3v) is 5.88. The minimum atomic E-state index is -0.650. The molecule has 2 aliphatic heterocycles. The summed E-state index contributed by atoms with van der Waals surface area (Å²) in [6.07, 6.45) is 7.04. The Labute approximate surface area is 159 Å². The van der Waals surface area contributed by atoms with Crippen LogP contribution in [-0.2, 0) is 11.3 Å². The highest BCUT2D eigenvalue weighted by Crippen LogP contribution is 2.36. The van der Waals surface area contributed by atoms with E-state index in [1.165, 1.54) is 10.6 Å². The van der Waals surface area contributed by atoms with Crippen LogP contribution >= 0.6 is 0 Å². The van der Waals surface area contributed by atoms with Gasteiger partial charge in [-0.15, -0.1) is 0 Å². The van der Waals surface area contributed by atoms with E-state index in [1.807, 2.05) is 37.5 Å². The molecule has 27 heavy (non-hydrogen) atoms. The maximum atomic E-state index is 12.8. The van der Waals surface area contributed by atoms with Gasteiger partial charge in [-0.3, -0.25) is 19.6 Å². The standard InChI is InChI=1S/C20H25N5O2/c1-3-25-19(27)22(2)18(26)20(25)8-12-23(13-9-20)15-17-7-5-11-24(17)16-6-4-10-21-14-16/h4-7,10-11,14H,3,8-9,12-13,15H2,1-2H3. The third kappa shape index (κ3) is 2.82. The molecular formula is C20H25N5O2. The molecule has 1 spiro atoms. The third-order valence-electron chi connectivity index (χ3n) is 5.88. The first-order valence-electron chi connectivity index (χ1n) is 9.45. The van der Waals surface area contributed by atoms with E-state index in [2.05, 4.69) is 20.5 Å². The summed E-state index contributed by atoms with van der Waals surface area (Å²) in [5.41, 5.74) is 1.58. The predicted molar refractivity (Wildman–Crippen MR) is 101 cm³/mol. The fourth-order valence-electron chi connectivity index (χ4n) is 4.40. The van der Waals surface area contributed by atoms with Crippen LogP contribution in [0.2, 0.25) is 0 Å². The van der Waals surface area contributed by atoms with Crippen molar-refractivity contribution < 1.29 is 9.59 Å². The number of hydrogen-bond acceptors (Lipinski definition) is 4. The van der Waals surface area contributed by atoms with Crippen LogP contribution < -0.4 is 0 Å². The van der Waals surface area contributed by atoms with Gasteiger partial charge < -0.3 is 9.47 Å². The van der Waals surface area contributed by atoms with E-state index in [4.69, 9.17) is 0 Å². The Morgan fingerprint density at radius 2 is 1.93 bits per heavy atom. The first-order chi connectivity index (χ1) is 13.1. The maximum absolute atomic E-state index is 12.8. The van der Waals surface area contributed by atoms with Gasteiger partial charge in [0, 0.05) is 51.3 Å². The van der Waals surface area contributed by atoms with Crippen molar-refractivity contribution >= 4 is 11.9 Å². The quantitative estimate of drug-likeness (QED) is 0.777. The van der Waals surface area contributed by atoms with Crippen LogP contribution in [0.1, 0.15) is 25.5 Å². The molecule has 0 atom stereocenters. The summed E-state index contributed by atoms with van der Waals surface area (Å²) in [7, 11) is 1.59. The van der Waals surface area contributed by atoms with E-state index in [0.29, 0.717) is 19.4 Å². The number of aromatic nitrogens is 2. The smallest absolute Gasteiger partial charge is 0.318 e. The molecule has 2 aromatic heterocycles. The zero-order chi connectivity index (χ0) is 19.0. The highest BCUT2D eigenvalue weighted by Gasteiger charge is 2.56. The van der Waals surface area contributed by atoms with Gasteiger partial charge in [0.05, 0.1) is 11.9 Å². The highest BCUT2D eigenvalue weighted by atomic mass is 16.2. The number of carbonyl (C=O) groups is 2. The summed E-state index contributed by atoms with van der Waals surface area (Å²) >= 11 is 0. The summed E-state index contributed by atoms with van der Waals surface area (Å²) in [6, 6.07) is 7.97. The lowest BCUT2D eigenvalue weighted by molar-refractivity contribution is -0.134. The Bertz CT molecular complexity index is 839. The molecule has 2 aliphatic rings. The zero-order valence-corrected chi connectivity index (χ0v) is 15.8. The second-order valence-corrected chi connectivity index (χ2v) is 7.28. The molecule has 0 saturated carbocycles. The van der Waals surface area contributed by atoms with Crippen LogP contribution in [0.3, 0.4) is 0 Å². The number of piperidine rings is 1. The first kappa shape index (κ1) is 17.7. The topological polar surface area (TPSA) is 61.7 Å². The van der Waals surface area contributed by atoms with Crippen LogP contribution in [-0.4, -0.2) is 68.4 Å². The summed E-state index contributed by atoms with van der Waals surface area (Å²) in [5, 5.41) is 0. The molecule has 0 unspecified atom stereocenters. The lowest BCUT2D eigenvalue weighted by Crippen LogP contribution is -2.56. The number of nitrogens with zero attached hydrogens (tertiary/aromatic N) is 5. The SMILES string of the molecule is CCN1C(=O)N(C)C(=O)C12CCN(Cc1cccn1-c1cccnc1)CC2. The van der Waals surface area contributed by atoms with Crippen LogP contribution in [0.5, 0.6) is 0 Å². The first-order valence-corrected chi connectivity index (χ1v) is 9.45. The Balaban J connectivity index is 1.48. The Morgan fingerprint density at radius 1 is 1.15 bits per heavy atom. The number of likely N-dealkylation sites (N-methyl/N-ethyl adjacent to an activating group) is 2. The fourth-order valence-corrected chi connectivity index (χ4v) is 4.40. The monoisotopic (exact) mass is 367 g/mol. The molecule has 7 nitrogen and oxygen atoms in total. The number of carbonyl (C=O) groups excluding carboxylic acids is 2. The van der Waals surface area contributed by atoms with E-state index in [-0.39, 0.29) is 11.9 Å². The summed E-state index contributed by atoms with van der Waals surface area (Å²) < 4.78 is 2.15. The molecular weight excluding hydrogens is 342 g/mol. The van der Waals surface area contributed by atoms with Crippen LogP contribution in [0.15, 0.2) is 42.9 Å². The normalized spacial score (nSPS) is 20.1. The lowest BCUT2D eigenvalue weighted by Gasteiger charge is -2.41. The van der Waals surface area contributed by atoms with Gasteiger partial charge in [-0.25, -0.2) is 4.79 Å². The molecule has 142 valence electrons. The van der Waals surface area contributed by atoms with E-state index in [1.54, 1.807) is 18.1 Å². The van der Waals surface area contributed by atoms with Crippen molar-refractivity contribution in [2.24, 2.45) is 0 Å². The molecule has 2 saturated heterocycles. The molecule has 2 fully saturated rings. The van der Waals surface area contributed by atoms with E-state index in [0.717, 1.165) is 25.3 Å². The number of urea groups is 1. The average molecular weight is 367 g/mol. The molecule has 0 aliphatic carbocycles. The van der Waals surface area contributed by atoms with Crippen molar-refractivity contribution in [1.82, 2.24) is 24.3 Å². The van der Waals surface area contributed by atoms with Gasteiger partial charge >= 0.3 is 6.03 Å². The number of hydrogen-bond donors (Lipinski definition) is 0. The average Bonchev–Trinajstić information content (AvgIpc) is 3.23. The zero-order valence-electron chi connectivity index (χ0n) is 15.8. The molecule has 0 N–H and O–H groups in total. The Morgan fingerprint density at radius 3 is 2.59 bits per heavy atom. The van der Waals surface area contributed by atoms with E-state index in [9.17, 15) is 9.59 Å². The summed E-state index contributed by atoms with van der Waals surface area (Å²) in [5.74, 6) is -0.0484. The molecule has 2 aromatic rings. The van der Waals surface area contributed by atoms with Crippen LogP contribution in [0.25, 0.3) is 5.69 Å². The van der Waals surface area contributed by atoms with Gasteiger partial charge in [-0.1, -0.05) is 0 Å². The van der Waals surface area contributed by atoms with Gasteiger partial charge in [-0.2, -0.15) is 0 Å². The Hall–Kier alpha value is -2.67. The largest absolute Gasteiger partial charge is 0.327 e. The van der Waals surface area contributed by atoms with E-state index >= 15 is 0 Å². The number of likely N-dealkylation sites (tertiary alicyclic amines) is 1. The number of rotatable bonds is 4. The van der Waals surface area contributed by atoms with Crippen molar-refractivity contribution in [3.8, 4) is 5.69 Å². The maximum Gasteiger partial charge on any atom is 0.327 e. The minimum Gasteiger partial charge on any atom is -0.318 e. The highest BCUT2D eigenvalue weighted by molar-refractivity contribution is 6.06. The van der Waals surface area contributed by atoms with Gasteiger partial charge in [0.25, 0.3) is 5.91 Å². The molecule has 3 amide bonds. The van der Waals surface area contributed by atoms with Crippen LogP contribution in [0, 0.1) is 0 Å². The number of amides is 3. The molecule has 4 rings (SSSR count). The van der Waals surface area contributed by atoms with Crippen molar-refractivity contribution in [3.05, 3.63) is 48.5 Å². The predicted octanol–water partition coefficient (Wildman–Crippen LogP) is 2.12. The van der Waals surface area contributed by atoms with Crippen molar-refractivity contribution in [2.45, 2.75) is 31.8 Å². The fraction of sp³-hybridized carbons (Fsp3) is 0.450. The van der Waals surface area contributed by atoms with Crippen molar-refractivity contribution in [3.63, 3.8) is 0 Å². The number of pyridine rings is 1. The second kappa shape index (κ2) is 6.81. The molecule has 4 heterocycles. The second-order valence-electron chi connectivity index (χ2n) is 7.28. The van der Waals surface area contributed by atoms with Gasteiger partial charge in [-0.05, 0) is 44.0 Å². The molecule has 0 aromatic carbocycles. The summed E-state index contributed by atoms with van der Waals surface area (Å²) in [4.78, 5) is 34.7.